The van der Waals surface area contributed by atoms with E-state index in [2.05, 4.69) is 0 Å². The highest BCUT2D eigenvalue weighted by Gasteiger charge is 2.23. The van der Waals surface area contributed by atoms with Gasteiger partial charge in [0.15, 0.2) is 0 Å². The van der Waals surface area contributed by atoms with Gasteiger partial charge < -0.3 is 9.69 Å². The predicted octanol–water partition coefficient (Wildman–Crippen LogP) is 3.29. The van der Waals surface area contributed by atoms with Crippen LogP contribution in [-0.2, 0) is 9.59 Å². The first-order chi connectivity index (χ1) is 10.1. The number of carbonyl (C=O) groups is 2. The molecule has 1 aromatic carbocycles. The topological polar surface area (TPSA) is 37.4 Å². The Morgan fingerprint density at radius 3 is 2.57 bits per heavy atom. The summed E-state index contributed by atoms with van der Waals surface area (Å²) in [6.45, 7) is 2.94. The van der Waals surface area contributed by atoms with Crippen LogP contribution in [0.4, 0.5) is 4.39 Å². The smallest absolute Gasteiger partial charge is 0.223 e. The third-order valence-electron chi connectivity index (χ3n) is 4.06. The van der Waals surface area contributed by atoms with Crippen molar-refractivity contribution in [1.29, 1.82) is 0 Å². The molecule has 1 aliphatic heterocycles. The van der Waals surface area contributed by atoms with Crippen molar-refractivity contribution in [2.24, 2.45) is 0 Å². The largest absolute Gasteiger partial charge is 0.342 e. The monoisotopic (exact) mass is 291 g/mol. The summed E-state index contributed by atoms with van der Waals surface area (Å²) in [6.07, 6.45) is 3.69. The van der Waals surface area contributed by atoms with Crippen LogP contribution < -0.4 is 0 Å². The fourth-order valence-electron chi connectivity index (χ4n) is 2.82. The molecule has 1 aliphatic rings. The third-order valence-corrected chi connectivity index (χ3v) is 4.06. The Morgan fingerprint density at radius 2 is 1.90 bits per heavy atom. The van der Waals surface area contributed by atoms with E-state index < -0.39 is 0 Å². The van der Waals surface area contributed by atoms with Gasteiger partial charge in [-0.05, 0) is 37.5 Å². The molecule has 3 nitrogen and oxygen atoms in total. The number of benzene rings is 1. The summed E-state index contributed by atoms with van der Waals surface area (Å²) in [5.41, 5.74) is 1.09. The molecule has 114 valence electrons. The average Bonchev–Trinajstić information content (AvgIpc) is 2.71. The van der Waals surface area contributed by atoms with Gasteiger partial charge in [0.2, 0.25) is 5.91 Å². The molecule has 0 N–H and O–H groups in total. The summed E-state index contributed by atoms with van der Waals surface area (Å²) in [7, 11) is 0. The van der Waals surface area contributed by atoms with Crippen LogP contribution >= 0.6 is 0 Å². The molecule has 1 unspecified atom stereocenters. The molecule has 1 fully saturated rings. The van der Waals surface area contributed by atoms with Crippen molar-refractivity contribution in [2.75, 3.05) is 13.1 Å². The first-order valence-electron chi connectivity index (χ1n) is 7.59. The van der Waals surface area contributed by atoms with E-state index in [0.29, 0.717) is 19.4 Å². The van der Waals surface area contributed by atoms with Crippen molar-refractivity contribution in [2.45, 2.75) is 44.9 Å². The van der Waals surface area contributed by atoms with Gasteiger partial charge in [-0.1, -0.05) is 18.6 Å². The molecule has 1 heterocycles. The number of likely N-dealkylation sites (tertiary alicyclic amines) is 1. The molecule has 1 saturated heterocycles. The van der Waals surface area contributed by atoms with Crippen LogP contribution in [0, 0.1) is 5.82 Å². The number of nitrogens with zero attached hydrogens (tertiary/aromatic N) is 1. The van der Waals surface area contributed by atoms with Crippen molar-refractivity contribution in [3.05, 3.63) is 35.6 Å². The fourth-order valence-corrected chi connectivity index (χ4v) is 2.82. The molecule has 0 aliphatic carbocycles. The van der Waals surface area contributed by atoms with E-state index in [9.17, 15) is 14.0 Å². The number of Topliss-reactive ketones (excluding diaryl/α,β-unsaturated/α-hetero) is 1. The lowest BCUT2D eigenvalue weighted by Crippen LogP contribution is -2.34. The van der Waals surface area contributed by atoms with Gasteiger partial charge in [0, 0.05) is 31.8 Å². The quantitative estimate of drug-likeness (QED) is 0.853. The summed E-state index contributed by atoms with van der Waals surface area (Å²) in [5, 5.41) is 0. The molecule has 1 amide bonds. The highest BCUT2D eigenvalue weighted by atomic mass is 19.1. The molecule has 0 saturated carbocycles. The van der Waals surface area contributed by atoms with Crippen LogP contribution in [0.5, 0.6) is 0 Å². The van der Waals surface area contributed by atoms with Gasteiger partial charge in [-0.3, -0.25) is 4.79 Å². The Labute approximate surface area is 125 Å². The third kappa shape index (κ3) is 4.66. The number of rotatable bonds is 4. The summed E-state index contributed by atoms with van der Waals surface area (Å²) < 4.78 is 13.0. The number of amides is 1. The lowest BCUT2D eigenvalue weighted by Gasteiger charge is -2.25. The Bertz CT molecular complexity index is 498. The second-order valence-electron chi connectivity index (χ2n) is 5.79. The number of carbonyl (C=O) groups excluding carboxylic acids is 2. The Morgan fingerprint density at radius 1 is 1.19 bits per heavy atom. The Kier molecular flexibility index (Phi) is 5.48. The summed E-state index contributed by atoms with van der Waals surface area (Å²) in [6, 6.07) is 6.57. The molecule has 0 radical (unpaired) electrons. The summed E-state index contributed by atoms with van der Waals surface area (Å²) in [4.78, 5) is 25.1. The SMILES string of the molecule is CC(=O)CCC(=O)N1CCCCC(c2ccc(F)cc2)C1. The first kappa shape index (κ1) is 15.7. The van der Waals surface area contributed by atoms with Crippen molar-refractivity contribution in [3.8, 4) is 0 Å². The van der Waals surface area contributed by atoms with Crippen molar-refractivity contribution in [1.82, 2.24) is 4.90 Å². The molecule has 21 heavy (non-hydrogen) atoms. The van der Waals surface area contributed by atoms with Crippen molar-refractivity contribution >= 4 is 11.7 Å². The van der Waals surface area contributed by atoms with E-state index in [1.165, 1.54) is 19.1 Å². The van der Waals surface area contributed by atoms with E-state index in [1.54, 1.807) is 0 Å². The van der Waals surface area contributed by atoms with Gasteiger partial charge >= 0.3 is 0 Å². The Balaban J connectivity index is 2.02. The Hall–Kier alpha value is -1.71. The van der Waals surface area contributed by atoms with Gasteiger partial charge in [0.05, 0.1) is 0 Å². The maximum atomic E-state index is 13.0. The van der Waals surface area contributed by atoms with Gasteiger partial charge in [-0.25, -0.2) is 4.39 Å². The molecule has 4 heteroatoms. The summed E-state index contributed by atoms with van der Waals surface area (Å²) in [5.74, 6) is 0.128. The zero-order chi connectivity index (χ0) is 15.2. The van der Waals surface area contributed by atoms with Crippen molar-refractivity contribution in [3.63, 3.8) is 0 Å². The number of ketones is 1. The highest BCUT2D eigenvalue weighted by Crippen LogP contribution is 2.27. The predicted molar refractivity (Wildman–Crippen MR) is 79.5 cm³/mol. The van der Waals surface area contributed by atoms with Crippen LogP contribution in [0.3, 0.4) is 0 Å². The molecular formula is C17H22FNO2. The number of hydrogen-bond acceptors (Lipinski definition) is 2. The van der Waals surface area contributed by atoms with Crippen LogP contribution in [0.2, 0.25) is 0 Å². The lowest BCUT2D eigenvalue weighted by atomic mass is 9.94. The second-order valence-corrected chi connectivity index (χ2v) is 5.79. The zero-order valence-electron chi connectivity index (χ0n) is 12.5. The number of halogens is 1. The molecule has 1 aromatic rings. The van der Waals surface area contributed by atoms with Crippen LogP contribution in [0.1, 0.15) is 50.5 Å². The van der Waals surface area contributed by atoms with Gasteiger partial charge in [-0.15, -0.1) is 0 Å². The van der Waals surface area contributed by atoms with Crippen molar-refractivity contribution < 1.29 is 14.0 Å². The minimum absolute atomic E-state index is 0.0493. The van der Waals surface area contributed by atoms with Gasteiger partial charge in [0.1, 0.15) is 11.6 Å². The standard InChI is InChI=1S/C17H22FNO2/c1-13(20)5-10-17(21)19-11-3-2-4-15(12-19)14-6-8-16(18)9-7-14/h6-9,15H,2-5,10-12H2,1H3. The van der Waals surface area contributed by atoms with E-state index in [4.69, 9.17) is 0 Å². The molecule has 0 spiro atoms. The lowest BCUT2D eigenvalue weighted by molar-refractivity contribution is -0.133. The minimum atomic E-state index is -0.234. The normalized spacial score (nSPS) is 19.1. The number of hydrogen-bond donors (Lipinski definition) is 0. The molecule has 1 atom stereocenters. The van der Waals surface area contributed by atoms with E-state index in [0.717, 1.165) is 31.4 Å². The highest BCUT2D eigenvalue weighted by molar-refractivity contribution is 5.83. The molecule has 2 rings (SSSR count). The van der Waals surface area contributed by atoms with Gasteiger partial charge in [0.25, 0.3) is 0 Å². The zero-order valence-corrected chi connectivity index (χ0v) is 12.5. The molecule has 0 bridgehead atoms. The second kappa shape index (κ2) is 7.34. The van der Waals surface area contributed by atoms with E-state index >= 15 is 0 Å². The summed E-state index contributed by atoms with van der Waals surface area (Å²) >= 11 is 0. The van der Waals surface area contributed by atoms with Crippen LogP contribution in [0.25, 0.3) is 0 Å². The molecule has 0 aromatic heterocycles. The fraction of sp³-hybridized carbons (Fsp3) is 0.529. The maximum Gasteiger partial charge on any atom is 0.223 e. The minimum Gasteiger partial charge on any atom is -0.342 e. The van der Waals surface area contributed by atoms with Crippen LogP contribution in [-0.4, -0.2) is 29.7 Å². The van der Waals surface area contributed by atoms with E-state index in [1.807, 2.05) is 17.0 Å². The average molecular weight is 291 g/mol. The van der Waals surface area contributed by atoms with Gasteiger partial charge in [-0.2, -0.15) is 0 Å². The maximum absolute atomic E-state index is 13.0. The molecular weight excluding hydrogens is 269 g/mol. The first-order valence-corrected chi connectivity index (χ1v) is 7.59. The van der Waals surface area contributed by atoms with Crippen LogP contribution in [0.15, 0.2) is 24.3 Å². The van der Waals surface area contributed by atoms with E-state index in [-0.39, 0.29) is 23.4 Å².